The molecule has 1 unspecified atom stereocenters. The number of carbonyl (C=O) groups is 1. The summed E-state index contributed by atoms with van der Waals surface area (Å²) in [4.78, 5) is 28.7. The second-order valence-electron chi connectivity index (χ2n) is 8.15. The van der Waals surface area contributed by atoms with Crippen molar-refractivity contribution in [1.29, 1.82) is 0 Å². The monoisotopic (exact) mass is 442 g/mol. The molecule has 7 nitrogen and oxygen atoms in total. The van der Waals surface area contributed by atoms with Crippen LogP contribution in [0.4, 0.5) is 5.82 Å². The molecule has 0 saturated heterocycles. The second-order valence-corrected chi connectivity index (χ2v) is 8.15. The van der Waals surface area contributed by atoms with Gasteiger partial charge in [-0.3, -0.25) is 14.5 Å². The number of benzene rings is 2. The van der Waals surface area contributed by atoms with Gasteiger partial charge in [0.2, 0.25) is 5.76 Å². The van der Waals surface area contributed by atoms with Gasteiger partial charge in [0.05, 0.1) is 17.0 Å². The van der Waals surface area contributed by atoms with E-state index < -0.39 is 11.9 Å². The standard InChI is InChI=1S/C26H22N2O5/c1-5-9-31-18-8-6-7-17(13-18)23-22-24(29)19-10-14(2)15(3)11-20(19)32-25(22)26(30)28(23)21-12-16(4)33-27-21/h5-8,10-13,23H,1,9H2,2-4H3. The highest BCUT2D eigenvalue weighted by atomic mass is 16.5. The van der Waals surface area contributed by atoms with Crippen LogP contribution in [0.2, 0.25) is 0 Å². The van der Waals surface area contributed by atoms with Crippen LogP contribution < -0.4 is 15.1 Å². The number of fused-ring (bicyclic) bond motifs is 2. The third kappa shape index (κ3) is 3.33. The summed E-state index contributed by atoms with van der Waals surface area (Å²) in [5, 5.41) is 4.49. The first-order chi connectivity index (χ1) is 15.9. The fourth-order valence-electron chi connectivity index (χ4n) is 4.18. The largest absolute Gasteiger partial charge is 0.490 e. The molecule has 2 aromatic carbocycles. The zero-order valence-electron chi connectivity index (χ0n) is 18.5. The van der Waals surface area contributed by atoms with Gasteiger partial charge in [0.25, 0.3) is 5.91 Å². The van der Waals surface area contributed by atoms with Crippen molar-refractivity contribution in [3.63, 3.8) is 0 Å². The highest BCUT2D eigenvalue weighted by molar-refractivity contribution is 6.10. The van der Waals surface area contributed by atoms with E-state index in [1.165, 1.54) is 4.90 Å². The van der Waals surface area contributed by atoms with Crippen molar-refractivity contribution >= 4 is 22.7 Å². The van der Waals surface area contributed by atoms with Crippen LogP contribution in [0.1, 0.15) is 44.6 Å². The van der Waals surface area contributed by atoms with Crippen molar-refractivity contribution in [3.05, 3.63) is 99.1 Å². The fourth-order valence-corrected chi connectivity index (χ4v) is 4.18. The van der Waals surface area contributed by atoms with E-state index in [4.69, 9.17) is 13.7 Å². The van der Waals surface area contributed by atoms with Gasteiger partial charge in [0.1, 0.15) is 23.7 Å². The van der Waals surface area contributed by atoms with Crippen LogP contribution in [0, 0.1) is 20.8 Å². The van der Waals surface area contributed by atoms with Crippen molar-refractivity contribution in [3.8, 4) is 5.75 Å². The summed E-state index contributed by atoms with van der Waals surface area (Å²) < 4.78 is 17.0. The first-order valence-electron chi connectivity index (χ1n) is 10.6. The van der Waals surface area contributed by atoms with Crippen LogP contribution in [0.25, 0.3) is 11.0 Å². The number of rotatable bonds is 5. The average molecular weight is 442 g/mol. The molecule has 5 rings (SSSR count). The van der Waals surface area contributed by atoms with Crippen molar-refractivity contribution in [2.45, 2.75) is 26.8 Å². The number of hydrogen-bond acceptors (Lipinski definition) is 6. The molecule has 0 saturated carbocycles. The Hall–Kier alpha value is -4.13. The molecular weight excluding hydrogens is 420 g/mol. The number of aromatic nitrogens is 1. The number of ether oxygens (including phenoxy) is 1. The van der Waals surface area contributed by atoms with Gasteiger partial charge in [-0.05, 0) is 61.7 Å². The number of nitrogens with zero attached hydrogens (tertiary/aromatic N) is 2. The lowest BCUT2D eigenvalue weighted by Crippen LogP contribution is -2.29. The lowest BCUT2D eigenvalue weighted by atomic mass is 9.97. The average Bonchev–Trinajstić information content (AvgIpc) is 3.35. The number of amides is 1. The molecular formula is C26H22N2O5. The van der Waals surface area contributed by atoms with Crippen molar-refractivity contribution < 1.29 is 18.5 Å². The van der Waals surface area contributed by atoms with E-state index in [0.29, 0.717) is 40.5 Å². The maximum absolute atomic E-state index is 13.7. The minimum absolute atomic E-state index is 0.0128. The fraction of sp³-hybridized carbons (Fsp3) is 0.192. The molecule has 0 N–H and O–H groups in total. The molecule has 166 valence electrons. The van der Waals surface area contributed by atoms with Crippen molar-refractivity contribution in [2.24, 2.45) is 0 Å². The first-order valence-corrected chi connectivity index (χ1v) is 10.6. The van der Waals surface area contributed by atoms with Crippen LogP contribution in [0.5, 0.6) is 5.75 Å². The van der Waals surface area contributed by atoms with Crippen LogP contribution in [-0.2, 0) is 0 Å². The third-order valence-electron chi connectivity index (χ3n) is 5.89. The maximum Gasteiger partial charge on any atom is 0.296 e. The Bertz CT molecular complexity index is 1480. The molecule has 1 amide bonds. The van der Waals surface area contributed by atoms with Crippen LogP contribution in [0.3, 0.4) is 0 Å². The number of hydrogen-bond donors (Lipinski definition) is 0. The van der Waals surface area contributed by atoms with E-state index in [9.17, 15) is 9.59 Å². The van der Waals surface area contributed by atoms with Crippen LogP contribution in [-0.4, -0.2) is 17.7 Å². The van der Waals surface area contributed by atoms with E-state index in [0.717, 1.165) is 11.1 Å². The zero-order valence-corrected chi connectivity index (χ0v) is 18.5. The Morgan fingerprint density at radius 1 is 1.12 bits per heavy atom. The van der Waals surface area contributed by atoms with Gasteiger partial charge in [-0.2, -0.15) is 0 Å². The predicted octanol–water partition coefficient (Wildman–Crippen LogP) is 5.02. The summed E-state index contributed by atoms with van der Waals surface area (Å²) in [7, 11) is 0. The molecule has 0 aliphatic carbocycles. The summed E-state index contributed by atoms with van der Waals surface area (Å²) in [5.74, 6) is 1.02. The summed E-state index contributed by atoms with van der Waals surface area (Å²) in [6.07, 6.45) is 1.65. The van der Waals surface area contributed by atoms with E-state index in [2.05, 4.69) is 11.7 Å². The molecule has 0 radical (unpaired) electrons. The molecule has 33 heavy (non-hydrogen) atoms. The molecule has 1 atom stereocenters. The van der Waals surface area contributed by atoms with Gasteiger partial charge in [-0.15, -0.1) is 0 Å². The highest BCUT2D eigenvalue weighted by Gasteiger charge is 2.45. The molecule has 0 spiro atoms. The summed E-state index contributed by atoms with van der Waals surface area (Å²) >= 11 is 0. The lowest BCUT2D eigenvalue weighted by molar-refractivity contribution is 0.0969. The summed E-state index contributed by atoms with van der Waals surface area (Å²) in [6, 6.07) is 11.8. The SMILES string of the molecule is C=CCOc1cccc(C2c3c(oc4cc(C)c(C)cc4c3=O)C(=O)N2c2cc(C)on2)c1. The van der Waals surface area contributed by atoms with Crippen LogP contribution >= 0.6 is 0 Å². The van der Waals surface area contributed by atoms with Crippen molar-refractivity contribution in [1.82, 2.24) is 5.16 Å². The van der Waals surface area contributed by atoms with E-state index in [1.807, 2.05) is 38.1 Å². The zero-order chi connectivity index (χ0) is 23.3. The minimum atomic E-state index is -0.744. The minimum Gasteiger partial charge on any atom is -0.490 e. The van der Waals surface area contributed by atoms with Gasteiger partial charge in [-0.25, -0.2) is 0 Å². The van der Waals surface area contributed by atoms with E-state index in [1.54, 1.807) is 31.2 Å². The first kappa shape index (κ1) is 20.8. The summed E-state index contributed by atoms with van der Waals surface area (Å²) in [6.45, 7) is 9.63. The van der Waals surface area contributed by atoms with Gasteiger partial charge >= 0.3 is 0 Å². The Labute approximate surface area is 189 Å². The van der Waals surface area contributed by atoms with Crippen LogP contribution in [0.15, 0.2) is 68.9 Å². The lowest BCUT2D eigenvalue weighted by Gasteiger charge is -2.22. The Balaban J connectivity index is 1.77. The molecule has 7 heteroatoms. The normalized spacial score (nSPS) is 15.2. The molecule has 1 aliphatic heterocycles. The van der Waals surface area contributed by atoms with Gasteiger partial charge < -0.3 is 13.7 Å². The topological polar surface area (TPSA) is 85.8 Å². The second kappa shape index (κ2) is 7.78. The maximum atomic E-state index is 13.7. The molecule has 2 aromatic heterocycles. The van der Waals surface area contributed by atoms with Gasteiger partial charge in [-0.1, -0.05) is 29.9 Å². The van der Waals surface area contributed by atoms with Gasteiger partial charge in [0.15, 0.2) is 11.2 Å². The Morgan fingerprint density at radius 2 is 1.91 bits per heavy atom. The smallest absolute Gasteiger partial charge is 0.296 e. The van der Waals surface area contributed by atoms with E-state index in [-0.39, 0.29) is 16.8 Å². The highest BCUT2D eigenvalue weighted by Crippen LogP contribution is 2.41. The molecule has 4 aromatic rings. The number of anilines is 1. The quantitative estimate of drug-likeness (QED) is 0.404. The number of aryl methyl sites for hydroxylation is 3. The molecule has 0 fully saturated rings. The number of carbonyl (C=O) groups excluding carboxylic acids is 1. The molecule has 0 bridgehead atoms. The van der Waals surface area contributed by atoms with Gasteiger partial charge in [0, 0.05) is 6.07 Å². The third-order valence-corrected chi connectivity index (χ3v) is 5.89. The molecule has 3 heterocycles. The Morgan fingerprint density at radius 3 is 2.64 bits per heavy atom. The van der Waals surface area contributed by atoms with E-state index >= 15 is 0 Å². The summed E-state index contributed by atoms with van der Waals surface area (Å²) in [5.41, 5.74) is 3.06. The molecule has 1 aliphatic rings. The Kier molecular flexibility index (Phi) is 4.89. The van der Waals surface area contributed by atoms with Crippen molar-refractivity contribution in [2.75, 3.05) is 11.5 Å². The predicted molar refractivity (Wildman–Crippen MR) is 124 cm³/mol.